The summed E-state index contributed by atoms with van der Waals surface area (Å²) in [6.45, 7) is 1.49. The Morgan fingerprint density at radius 2 is 2.07 bits per heavy atom. The minimum atomic E-state index is -1.90. The van der Waals surface area contributed by atoms with E-state index in [9.17, 15) is 19.2 Å². The fraction of sp³-hybridized carbons (Fsp3) is 0.500. The number of aliphatic carboxylic acids is 1. The van der Waals surface area contributed by atoms with Crippen LogP contribution >= 0.6 is 0 Å². The monoisotopic (exact) mass is 216 g/mol. The van der Waals surface area contributed by atoms with Crippen LogP contribution in [0.4, 0.5) is 0 Å². The van der Waals surface area contributed by atoms with E-state index in [-0.39, 0.29) is 6.61 Å². The van der Waals surface area contributed by atoms with Gasteiger partial charge in [0.05, 0.1) is 6.61 Å². The average molecular weight is 216 g/mol. The Bertz CT molecular complexity index is 332. The minimum absolute atomic E-state index is 0.00632. The topological polar surface area (TPSA) is 107 Å². The normalized spacial score (nSPS) is 24.9. The van der Waals surface area contributed by atoms with E-state index < -0.39 is 35.7 Å². The molecule has 0 bridgehead atoms. The highest BCUT2D eigenvalue weighted by Crippen LogP contribution is 2.19. The summed E-state index contributed by atoms with van der Waals surface area (Å²) in [4.78, 5) is 43.8. The third-order valence-electron chi connectivity index (χ3n) is 1.76. The largest absolute Gasteiger partial charge is 0.478 e. The van der Waals surface area contributed by atoms with Crippen molar-refractivity contribution in [2.75, 3.05) is 6.61 Å². The van der Waals surface area contributed by atoms with E-state index in [4.69, 9.17) is 5.11 Å². The Morgan fingerprint density at radius 3 is 2.47 bits per heavy atom. The first-order chi connectivity index (χ1) is 6.99. The van der Waals surface area contributed by atoms with Gasteiger partial charge in [-0.05, 0) is 6.92 Å². The first-order valence-electron chi connectivity index (χ1n) is 4.12. The van der Waals surface area contributed by atoms with Crippen molar-refractivity contribution in [1.29, 1.82) is 0 Å². The number of cyclic esters (lactones) is 1. The molecule has 1 fully saturated rings. The smallest absolute Gasteiger partial charge is 0.352 e. The lowest BCUT2D eigenvalue weighted by Gasteiger charge is -2.02. The van der Waals surface area contributed by atoms with Crippen LogP contribution in [0.15, 0.2) is 0 Å². The molecule has 0 aromatic heterocycles. The molecular weight excluding hydrogens is 208 g/mol. The number of hydrogen-bond acceptors (Lipinski definition) is 6. The maximum atomic E-state index is 11.2. The summed E-state index contributed by atoms with van der Waals surface area (Å²) in [7, 11) is 0. The first-order valence-corrected chi connectivity index (χ1v) is 4.12. The number of carboxylic acid groups (broad SMARTS) is 1. The third-order valence-corrected chi connectivity index (χ3v) is 1.76. The van der Waals surface area contributed by atoms with Gasteiger partial charge in [0.25, 0.3) is 6.10 Å². The zero-order chi connectivity index (χ0) is 11.6. The number of Topliss-reactive ketones (excluding diaryl/α,β-unsaturated/α-hetero) is 1. The van der Waals surface area contributed by atoms with Crippen molar-refractivity contribution in [3.05, 3.63) is 0 Å². The molecule has 0 aromatic rings. The van der Waals surface area contributed by atoms with Crippen LogP contribution in [0.2, 0.25) is 0 Å². The second-order valence-corrected chi connectivity index (χ2v) is 2.74. The van der Waals surface area contributed by atoms with Crippen molar-refractivity contribution >= 4 is 23.7 Å². The van der Waals surface area contributed by atoms with E-state index in [0.29, 0.717) is 0 Å². The van der Waals surface area contributed by atoms with Crippen molar-refractivity contribution in [2.24, 2.45) is 5.92 Å². The molecular formula is C8H8O7. The van der Waals surface area contributed by atoms with Crippen molar-refractivity contribution in [1.82, 2.24) is 0 Å². The Kier molecular flexibility index (Phi) is 3.03. The molecule has 1 aliphatic heterocycles. The molecule has 82 valence electrons. The second kappa shape index (κ2) is 4.07. The maximum Gasteiger partial charge on any atom is 0.352 e. The van der Waals surface area contributed by atoms with Crippen LogP contribution in [0.3, 0.4) is 0 Å². The van der Waals surface area contributed by atoms with Gasteiger partial charge in [0, 0.05) is 0 Å². The molecule has 0 aromatic carbocycles. The van der Waals surface area contributed by atoms with Crippen molar-refractivity contribution in [3.8, 4) is 0 Å². The predicted molar refractivity (Wildman–Crippen MR) is 42.6 cm³/mol. The van der Waals surface area contributed by atoms with Gasteiger partial charge in [-0.2, -0.15) is 0 Å². The molecule has 1 rings (SSSR count). The van der Waals surface area contributed by atoms with Gasteiger partial charge in [-0.15, -0.1) is 0 Å². The van der Waals surface area contributed by atoms with Gasteiger partial charge < -0.3 is 14.6 Å². The Balaban J connectivity index is 2.84. The molecule has 2 unspecified atom stereocenters. The second-order valence-electron chi connectivity index (χ2n) is 2.74. The van der Waals surface area contributed by atoms with E-state index in [0.717, 1.165) is 0 Å². The van der Waals surface area contributed by atoms with Crippen LogP contribution in [0, 0.1) is 5.92 Å². The van der Waals surface area contributed by atoms with E-state index in [1.54, 1.807) is 0 Å². The summed E-state index contributed by atoms with van der Waals surface area (Å²) in [5.74, 6) is -6.70. The predicted octanol–water partition coefficient (Wildman–Crippen LogP) is -1.26. The number of esters is 2. The van der Waals surface area contributed by atoms with E-state index in [1.165, 1.54) is 6.92 Å². The lowest BCUT2D eigenvalue weighted by molar-refractivity contribution is -0.161. The number of ether oxygens (including phenoxy) is 2. The fourth-order valence-electron chi connectivity index (χ4n) is 1.12. The molecule has 7 heteroatoms. The lowest BCUT2D eigenvalue weighted by Crippen LogP contribution is -2.32. The Morgan fingerprint density at radius 1 is 1.47 bits per heavy atom. The van der Waals surface area contributed by atoms with Crippen molar-refractivity contribution in [2.45, 2.75) is 13.0 Å². The van der Waals surface area contributed by atoms with Crippen molar-refractivity contribution in [3.63, 3.8) is 0 Å². The van der Waals surface area contributed by atoms with Crippen LogP contribution in [-0.4, -0.2) is 41.5 Å². The first kappa shape index (κ1) is 11.2. The molecule has 7 nitrogen and oxygen atoms in total. The Labute approximate surface area is 84.0 Å². The van der Waals surface area contributed by atoms with Crippen molar-refractivity contribution < 1.29 is 33.8 Å². The summed E-state index contributed by atoms with van der Waals surface area (Å²) >= 11 is 0. The molecule has 0 radical (unpaired) electrons. The quantitative estimate of drug-likeness (QED) is 0.463. The minimum Gasteiger partial charge on any atom is -0.478 e. The highest BCUT2D eigenvalue weighted by Gasteiger charge is 2.52. The van der Waals surface area contributed by atoms with Crippen LogP contribution in [-0.2, 0) is 28.7 Å². The van der Waals surface area contributed by atoms with Crippen LogP contribution in [0.5, 0.6) is 0 Å². The van der Waals surface area contributed by atoms with E-state index in [2.05, 4.69) is 9.47 Å². The summed E-state index contributed by atoms with van der Waals surface area (Å²) in [6.07, 6.45) is -1.90. The summed E-state index contributed by atoms with van der Waals surface area (Å²) < 4.78 is 8.67. The molecule has 15 heavy (non-hydrogen) atoms. The van der Waals surface area contributed by atoms with E-state index >= 15 is 0 Å². The number of carbonyl (C=O) groups is 4. The summed E-state index contributed by atoms with van der Waals surface area (Å²) in [5, 5.41) is 8.48. The molecule has 1 N–H and O–H groups in total. The number of carboxylic acids is 1. The highest BCUT2D eigenvalue weighted by atomic mass is 16.6. The van der Waals surface area contributed by atoms with Gasteiger partial charge in [0.2, 0.25) is 11.7 Å². The number of rotatable bonds is 3. The summed E-state index contributed by atoms with van der Waals surface area (Å²) in [6, 6.07) is 0. The fourth-order valence-corrected chi connectivity index (χ4v) is 1.12. The molecule has 0 aliphatic carbocycles. The highest BCUT2D eigenvalue weighted by molar-refractivity contribution is 6.24. The molecule has 0 saturated carbocycles. The molecule has 1 heterocycles. The number of carbonyl (C=O) groups excluding carboxylic acids is 3. The number of ketones is 1. The molecule has 1 aliphatic rings. The lowest BCUT2D eigenvalue weighted by atomic mass is 10.0. The molecule has 1 saturated heterocycles. The third kappa shape index (κ3) is 1.95. The van der Waals surface area contributed by atoms with Gasteiger partial charge in [-0.1, -0.05) is 0 Å². The zero-order valence-electron chi connectivity index (χ0n) is 7.76. The SMILES string of the molecule is CCOC(=O)C1C(=O)OC(C(=O)O)C1=O. The standard InChI is InChI=1S/C8H8O7/c1-2-14-7(12)3-4(9)5(6(10)11)15-8(3)13/h3,5H,2H2,1H3,(H,10,11). The van der Waals surface area contributed by atoms with Crippen LogP contribution < -0.4 is 0 Å². The van der Waals surface area contributed by atoms with Gasteiger partial charge >= 0.3 is 17.9 Å². The average Bonchev–Trinajstić information content (AvgIpc) is 2.42. The van der Waals surface area contributed by atoms with Crippen LogP contribution in [0.1, 0.15) is 6.92 Å². The van der Waals surface area contributed by atoms with Crippen LogP contribution in [0.25, 0.3) is 0 Å². The van der Waals surface area contributed by atoms with Gasteiger partial charge in [-0.25, -0.2) is 4.79 Å². The summed E-state index contributed by atoms with van der Waals surface area (Å²) in [5.41, 5.74) is 0. The maximum absolute atomic E-state index is 11.2. The zero-order valence-corrected chi connectivity index (χ0v) is 7.76. The molecule has 0 spiro atoms. The van der Waals surface area contributed by atoms with Gasteiger partial charge in [-0.3, -0.25) is 14.4 Å². The van der Waals surface area contributed by atoms with Gasteiger partial charge in [0.1, 0.15) is 0 Å². The molecule has 0 amide bonds. The van der Waals surface area contributed by atoms with Gasteiger partial charge in [0.15, 0.2) is 0 Å². The Hall–Kier alpha value is -1.92. The van der Waals surface area contributed by atoms with E-state index in [1.807, 2.05) is 0 Å². The molecule has 2 atom stereocenters. The number of hydrogen-bond donors (Lipinski definition) is 1.